The number of nitrogens with one attached hydrogen (secondary N) is 1. The summed E-state index contributed by atoms with van der Waals surface area (Å²) < 4.78 is 13.9. The van der Waals surface area contributed by atoms with E-state index in [0.29, 0.717) is 12.0 Å². The third-order valence-electron chi connectivity index (χ3n) is 3.66. The quantitative estimate of drug-likeness (QED) is 0.914. The molecule has 1 amide bonds. The van der Waals surface area contributed by atoms with Crippen molar-refractivity contribution in [1.29, 1.82) is 0 Å². The van der Waals surface area contributed by atoms with E-state index in [1.807, 2.05) is 31.2 Å². The Kier molecular flexibility index (Phi) is 3.60. The van der Waals surface area contributed by atoms with E-state index < -0.39 is 0 Å². The first-order valence-electron chi connectivity index (χ1n) is 7.04. The molecule has 2 aromatic rings. The predicted octanol–water partition coefficient (Wildman–Crippen LogP) is 3.56. The molecule has 0 saturated heterocycles. The van der Waals surface area contributed by atoms with Crippen molar-refractivity contribution >= 4 is 17.3 Å². The van der Waals surface area contributed by atoms with Gasteiger partial charge in [0.25, 0.3) is 0 Å². The van der Waals surface area contributed by atoms with Crippen LogP contribution in [0.4, 0.5) is 15.8 Å². The summed E-state index contributed by atoms with van der Waals surface area (Å²) in [6, 6.07) is 14.3. The highest BCUT2D eigenvalue weighted by Crippen LogP contribution is 2.31. The van der Waals surface area contributed by atoms with Gasteiger partial charge in [-0.1, -0.05) is 30.3 Å². The lowest BCUT2D eigenvalue weighted by Gasteiger charge is -2.22. The molecule has 1 atom stereocenters. The number of halogens is 1. The van der Waals surface area contributed by atoms with Crippen molar-refractivity contribution < 1.29 is 9.18 Å². The lowest BCUT2D eigenvalue weighted by atomic mass is 10.1. The largest absolute Gasteiger partial charge is 0.380 e. The highest BCUT2D eigenvalue weighted by Gasteiger charge is 2.25. The van der Waals surface area contributed by atoms with Crippen LogP contribution in [-0.2, 0) is 11.3 Å². The van der Waals surface area contributed by atoms with Gasteiger partial charge in [-0.25, -0.2) is 4.39 Å². The number of hydrogen-bond acceptors (Lipinski definition) is 2. The average Bonchev–Trinajstić information content (AvgIpc) is 2.58. The van der Waals surface area contributed by atoms with Crippen LogP contribution in [0.2, 0.25) is 0 Å². The van der Waals surface area contributed by atoms with E-state index in [2.05, 4.69) is 5.32 Å². The molecule has 3 nitrogen and oxygen atoms in total. The fourth-order valence-electron chi connectivity index (χ4n) is 2.62. The van der Waals surface area contributed by atoms with Crippen LogP contribution in [0.1, 0.15) is 18.9 Å². The van der Waals surface area contributed by atoms with E-state index in [0.717, 1.165) is 11.4 Å². The molecule has 2 aromatic carbocycles. The summed E-state index contributed by atoms with van der Waals surface area (Å²) in [7, 11) is 0. The zero-order valence-electron chi connectivity index (χ0n) is 11.8. The Hall–Kier alpha value is -2.36. The van der Waals surface area contributed by atoms with Crippen LogP contribution in [0.5, 0.6) is 0 Å². The van der Waals surface area contributed by atoms with Gasteiger partial charge in [0, 0.05) is 18.0 Å². The topological polar surface area (TPSA) is 32.3 Å². The van der Waals surface area contributed by atoms with Gasteiger partial charge in [0.2, 0.25) is 5.91 Å². The van der Waals surface area contributed by atoms with Gasteiger partial charge in [-0.15, -0.1) is 0 Å². The van der Waals surface area contributed by atoms with E-state index in [-0.39, 0.29) is 24.3 Å². The van der Waals surface area contributed by atoms with E-state index in [9.17, 15) is 9.18 Å². The van der Waals surface area contributed by atoms with Crippen LogP contribution in [0.3, 0.4) is 0 Å². The molecule has 3 rings (SSSR count). The third kappa shape index (κ3) is 2.75. The minimum atomic E-state index is -0.284. The Morgan fingerprint density at radius 3 is 2.71 bits per heavy atom. The van der Waals surface area contributed by atoms with Crippen molar-refractivity contribution in [2.45, 2.75) is 25.9 Å². The van der Waals surface area contributed by atoms with E-state index >= 15 is 0 Å². The molecule has 4 heteroatoms. The molecule has 1 N–H and O–H groups in total. The van der Waals surface area contributed by atoms with Gasteiger partial charge in [0.1, 0.15) is 5.82 Å². The molecule has 0 saturated carbocycles. The number of nitrogens with zero attached hydrogens (tertiary/aromatic N) is 1. The molecule has 108 valence electrons. The zero-order chi connectivity index (χ0) is 14.8. The maximum absolute atomic E-state index is 13.9. The molecule has 0 aromatic heterocycles. The zero-order valence-corrected chi connectivity index (χ0v) is 11.8. The highest BCUT2D eigenvalue weighted by molar-refractivity contribution is 5.98. The molecule has 0 radical (unpaired) electrons. The second-order valence-electron chi connectivity index (χ2n) is 5.34. The van der Waals surface area contributed by atoms with Gasteiger partial charge in [-0.3, -0.25) is 4.79 Å². The van der Waals surface area contributed by atoms with E-state index in [4.69, 9.17) is 0 Å². The minimum Gasteiger partial charge on any atom is -0.380 e. The summed E-state index contributed by atoms with van der Waals surface area (Å²) in [5.41, 5.74) is 2.23. The SMILES string of the molecule is C[C@@H]1CC(=O)N(Cc2ccccc2F)c2ccccc2N1. The molecule has 1 heterocycles. The lowest BCUT2D eigenvalue weighted by Crippen LogP contribution is -2.31. The number of para-hydroxylation sites is 2. The smallest absolute Gasteiger partial charge is 0.229 e. The Balaban J connectivity index is 2.00. The van der Waals surface area contributed by atoms with Gasteiger partial charge in [-0.2, -0.15) is 0 Å². The number of anilines is 2. The van der Waals surface area contributed by atoms with Crippen molar-refractivity contribution in [3.05, 3.63) is 59.9 Å². The van der Waals surface area contributed by atoms with Gasteiger partial charge in [0.05, 0.1) is 17.9 Å². The van der Waals surface area contributed by atoms with Crippen molar-refractivity contribution in [2.24, 2.45) is 0 Å². The molecule has 21 heavy (non-hydrogen) atoms. The first-order chi connectivity index (χ1) is 10.1. The van der Waals surface area contributed by atoms with Crippen molar-refractivity contribution in [2.75, 3.05) is 10.2 Å². The summed E-state index contributed by atoms with van der Waals surface area (Å²) in [6.45, 7) is 2.22. The number of amides is 1. The van der Waals surface area contributed by atoms with Crippen molar-refractivity contribution in [3.63, 3.8) is 0 Å². The summed E-state index contributed by atoms with van der Waals surface area (Å²) >= 11 is 0. The average molecular weight is 284 g/mol. The lowest BCUT2D eigenvalue weighted by molar-refractivity contribution is -0.118. The number of rotatable bonds is 2. The fourth-order valence-corrected chi connectivity index (χ4v) is 2.62. The molecular formula is C17H17FN2O. The van der Waals surface area contributed by atoms with Crippen LogP contribution < -0.4 is 10.2 Å². The Labute approximate surface area is 123 Å². The summed E-state index contributed by atoms with van der Waals surface area (Å²) in [5, 5.41) is 3.33. The molecular weight excluding hydrogens is 267 g/mol. The minimum absolute atomic E-state index is 0.00297. The van der Waals surface area contributed by atoms with Crippen LogP contribution in [0, 0.1) is 5.82 Å². The first kappa shape index (κ1) is 13.6. The van der Waals surface area contributed by atoms with Crippen LogP contribution in [-0.4, -0.2) is 11.9 Å². The predicted molar refractivity (Wildman–Crippen MR) is 81.7 cm³/mol. The fraction of sp³-hybridized carbons (Fsp3) is 0.235. The van der Waals surface area contributed by atoms with E-state index in [1.54, 1.807) is 23.1 Å². The Bertz CT molecular complexity index is 671. The molecule has 0 aliphatic carbocycles. The van der Waals surface area contributed by atoms with E-state index in [1.165, 1.54) is 6.07 Å². The van der Waals surface area contributed by atoms with Gasteiger partial charge < -0.3 is 10.2 Å². The Morgan fingerprint density at radius 2 is 1.90 bits per heavy atom. The summed E-state index contributed by atoms with van der Waals surface area (Å²) in [4.78, 5) is 14.1. The monoisotopic (exact) mass is 284 g/mol. The third-order valence-corrected chi connectivity index (χ3v) is 3.66. The number of hydrogen-bond donors (Lipinski definition) is 1. The first-order valence-corrected chi connectivity index (χ1v) is 7.04. The second-order valence-corrected chi connectivity index (χ2v) is 5.34. The molecule has 0 spiro atoms. The highest BCUT2D eigenvalue weighted by atomic mass is 19.1. The van der Waals surface area contributed by atoms with Gasteiger partial charge >= 0.3 is 0 Å². The van der Waals surface area contributed by atoms with Crippen LogP contribution in [0.15, 0.2) is 48.5 Å². The normalized spacial score (nSPS) is 17.9. The second kappa shape index (κ2) is 5.56. The number of benzene rings is 2. The molecule has 0 bridgehead atoms. The van der Waals surface area contributed by atoms with Crippen LogP contribution >= 0.6 is 0 Å². The van der Waals surface area contributed by atoms with Crippen LogP contribution in [0.25, 0.3) is 0 Å². The number of fused-ring (bicyclic) bond motifs is 1. The maximum Gasteiger partial charge on any atom is 0.229 e. The Morgan fingerprint density at radius 1 is 1.19 bits per heavy atom. The summed E-state index contributed by atoms with van der Waals surface area (Å²) in [6.07, 6.45) is 0.392. The van der Waals surface area contributed by atoms with Crippen molar-refractivity contribution in [1.82, 2.24) is 0 Å². The summed E-state index contributed by atoms with van der Waals surface area (Å²) in [5.74, 6) is -0.281. The number of carbonyl (C=O) groups is 1. The van der Waals surface area contributed by atoms with Gasteiger partial charge in [-0.05, 0) is 25.1 Å². The maximum atomic E-state index is 13.9. The molecule has 0 fully saturated rings. The standard InChI is InChI=1S/C17H17FN2O/c1-12-10-17(21)20(11-13-6-2-3-7-14(13)18)16-9-5-4-8-15(16)19-12/h2-9,12,19H,10-11H2,1H3/t12-/m1/s1. The number of carbonyl (C=O) groups excluding carboxylic acids is 1. The van der Waals surface area contributed by atoms with Gasteiger partial charge in [0.15, 0.2) is 0 Å². The van der Waals surface area contributed by atoms with Crippen molar-refractivity contribution in [3.8, 4) is 0 Å². The molecule has 1 aliphatic rings. The molecule has 0 unspecified atom stereocenters. The molecule has 1 aliphatic heterocycles.